The molecule has 20 heavy (non-hydrogen) atoms. The minimum Gasteiger partial charge on any atom is -0.311 e. The van der Waals surface area contributed by atoms with Gasteiger partial charge in [0.2, 0.25) is 0 Å². The van der Waals surface area contributed by atoms with Gasteiger partial charge in [-0.05, 0) is 49.8 Å². The van der Waals surface area contributed by atoms with Crippen LogP contribution in [0.15, 0.2) is 24.3 Å². The van der Waals surface area contributed by atoms with Gasteiger partial charge in [0.15, 0.2) is 0 Å². The first kappa shape index (κ1) is 14.1. The lowest BCUT2D eigenvalue weighted by atomic mass is 9.97. The molecule has 110 valence electrons. The van der Waals surface area contributed by atoms with Gasteiger partial charge in [-0.1, -0.05) is 38.1 Å². The second-order valence-corrected chi connectivity index (χ2v) is 7.07. The second kappa shape index (κ2) is 5.87. The van der Waals surface area contributed by atoms with E-state index in [2.05, 4.69) is 55.4 Å². The highest BCUT2D eigenvalue weighted by Crippen LogP contribution is 2.29. The summed E-state index contributed by atoms with van der Waals surface area (Å²) in [5.74, 6) is 0.627. The van der Waals surface area contributed by atoms with E-state index in [-0.39, 0.29) is 0 Å². The molecule has 0 aromatic heterocycles. The standard InChI is InChI=1S/C18H28N2/c1-13(2)15-6-4-14(5-7-15)12-20(3)18-10-16-8-9-17(11-18)19-16/h4-7,13,16-19H,8-12H2,1-3H3. The quantitative estimate of drug-likeness (QED) is 0.902. The van der Waals surface area contributed by atoms with Crippen LogP contribution in [-0.2, 0) is 6.54 Å². The molecule has 2 nitrogen and oxygen atoms in total. The van der Waals surface area contributed by atoms with Crippen LogP contribution in [0.5, 0.6) is 0 Å². The Bertz CT molecular complexity index is 425. The Kier molecular flexibility index (Phi) is 4.13. The smallest absolute Gasteiger partial charge is 0.0233 e. The first-order valence-electron chi connectivity index (χ1n) is 8.17. The van der Waals surface area contributed by atoms with Crippen molar-refractivity contribution in [1.82, 2.24) is 10.2 Å². The molecular weight excluding hydrogens is 244 g/mol. The van der Waals surface area contributed by atoms with E-state index in [0.717, 1.165) is 24.7 Å². The predicted octanol–water partition coefficient (Wildman–Crippen LogP) is 3.52. The van der Waals surface area contributed by atoms with Gasteiger partial charge >= 0.3 is 0 Å². The molecule has 1 aromatic carbocycles. The Morgan fingerprint density at radius 3 is 2.25 bits per heavy atom. The fourth-order valence-corrected chi connectivity index (χ4v) is 3.81. The normalized spacial score (nSPS) is 29.4. The molecular formula is C18H28N2. The molecule has 2 saturated heterocycles. The lowest BCUT2D eigenvalue weighted by molar-refractivity contribution is 0.166. The summed E-state index contributed by atoms with van der Waals surface area (Å²) >= 11 is 0. The third-order valence-corrected chi connectivity index (χ3v) is 5.15. The molecule has 2 aliphatic rings. The van der Waals surface area contributed by atoms with Crippen LogP contribution in [0, 0.1) is 0 Å². The van der Waals surface area contributed by atoms with Crippen molar-refractivity contribution in [3.05, 3.63) is 35.4 Å². The van der Waals surface area contributed by atoms with E-state index in [1.165, 1.54) is 36.8 Å². The Labute approximate surface area is 123 Å². The lowest BCUT2D eigenvalue weighted by Crippen LogP contribution is -2.46. The van der Waals surface area contributed by atoms with E-state index in [0.29, 0.717) is 5.92 Å². The molecule has 3 rings (SSSR count). The van der Waals surface area contributed by atoms with E-state index in [9.17, 15) is 0 Å². The minimum atomic E-state index is 0.627. The number of nitrogens with zero attached hydrogens (tertiary/aromatic N) is 1. The highest BCUT2D eigenvalue weighted by atomic mass is 15.2. The summed E-state index contributed by atoms with van der Waals surface area (Å²) < 4.78 is 0. The van der Waals surface area contributed by atoms with Gasteiger partial charge in [-0.3, -0.25) is 4.90 Å². The van der Waals surface area contributed by atoms with E-state index >= 15 is 0 Å². The van der Waals surface area contributed by atoms with Gasteiger partial charge in [-0.2, -0.15) is 0 Å². The summed E-state index contributed by atoms with van der Waals surface area (Å²) in [7, 11) is 2.30. The number of hydrogen-bond donors (Lipinski definition) is 1. The summed E-state index contributed by atoms with van der Waals surface area (Å²) in [5.41, 5.74) is 2.89. The molecule has 0 saturated carbocycles. The number of benzene rings is 1. The zero-order valence-electron chi connectivity index (χ0n) is 13.1. The molecule has 0 amide bonds. The van der Waals surface area contributed by atoms with Crippen LogP contribution in [0.2, 0.25) is 0 Å². The molecule has 2 heterocycles. The molecule has 2 unspecified atom stereocenters. The van der Waals surface area contributed by atoms with Crippen LogP contribution in [0.3, 0.4) is 0 Å². The lowest BCUT2D eigenvalue weighted by Gasteiger charge is -2.35. The van der Waals surface area contributed by atoms with Crippen molar-refractivity contribution in [2.24, 2.45) is 0 Å². The fourth-order valence-electron chi connectivity index (χ4n) is 3.81. The van der Waals surface area contributed by atoms with E-state index < -0.39 is 0 Å². The molecule has 2 heteroatoms. The summed E-state index contributed by atoms with van der Waals surface area (Å²) in [6.07, 6.45) is 5.43. The van der Waals surface area contributed by atoms with Crippen molar-refractivity contribution < 1.29 is 0 Å². The number of nitrogens with one attached hydrogen (secondary N) is 1. The third kappa shape index (κ3) is 3.07. The fraction of sp³-hybridized carbons (Fsp3) is 0.667. The SMILES string of the molecule is CC(C)c1ccc(CN(C)C2CC3CCC(C2)N3)cc1. The first-order chi connectivity index (χ1) is 9.61. The maximum atomic E-state index is 3.73. The number of piperidine rings is 1. The van der Waals surface area contributed by atoms with Crippen LogP contribution in [-0.4, -0.2) is 30.1 Å². The van der Waals surface area contributed by atoms with Crippen LogP contribution >= 0.6 is 0 Å². The van der Waals surface area contributed by atoms with Crippen LogP contribution in [0.4, 0.5) is 0 Å². The molecule has 0 radical (unpaired) electrons. The topological polar surface area (TPSA) is 15.3 Å². The molecule has 0 spiro atoms. The van der Waals surface area contributed by atoms with Crippen molar-refractivity contribution in [3.8, 4) is 0 Å². The molecule has 2 aliphatic heterocycles. The molecule has 2 fully saturated rings. The number of rotatable bonds is 4. The molecule has 0 aliphatic carbocycles. The van der Waals surface area contributed by atoms with Crippen molar-refractivity contribution in [2.75, 3.05) is 7.05 Å². The third-order valence-electron chi connectivity index (χ3n) is 5.15. The van der Waals surface area contributed by atoms with Crippen molar-refractivity contribution in [1.29, 1.82) is 0 Å². The average Bonchev–Trinajstić information content (AvgIpc) is 2.78. The van der Waals surface area contributed by atoms with Gasteiger partial charge in [0.05, 0.1) is 0 Å². The molecule has 2 atom stereocenters. The van der Waals surface area contributed by atoms with Gasteiger partial charge < -0.3 is 5.32 Å². The van der Waals surface area contributed by atoms with Gasteiger partial charge in [0.25, 0.3) is 0 Å². The highest BCUT2D eigenvalue weighted by Gasteiger charge is 2.34. The second-order valence-electron chi connectivity index (χ2n) is 7.07. The summed E-state index contributed by atoms with van der Waals surface area (Å²) in [6.45, 7) is 5.60. The van der Waals surface area contributed by atoms with E-state index in [1.807, 2.05) is 0 Å². The van der Waals surface area contributed by atoms with Gasteiger partial charge in [0.1, 0.15) is 0 Å². The summed E-state index contributed by atoms with van der Waals surface area (Å²) in [5, 5.41) is 3.73. The Morgan fingerprint density at radius 1 is 1.10 bits per heavy atom. The van der Waals surface area contributed by atoms with Crippen LogP contribution in [0.25, 0.3) is 0 Å². The monoisotopic (exact) mass is 272 g/mol. The largest absolute Gasteiger partial charge is 0.311 e. The van der Waals surface area contributed by atoms with Gasteiger partial charge in [-0.25, -0.2) is 0 Å². The number of fused-ring (bicyclic) bond motifs is 2. The van der Waals surface area contributed by atoms with Gasteiger partial charge in [0, 0.05) is 24.7 Å². The van der Waals surface area contributed by atoms with Gasteiger partial charge in [-0.15, -0.1) is 0 Å². The first-order valence-corrected chi connectivity index (χ1v) is 8.17. The Hall–Kier alpha value is -0.860. The van der Waals surface area contributed by atoms with E-state index in [4.69, 9.17) is 0 Å². The van der Waals surface area contributed by atoms with Crippen LogP contribution in [0.1, 0.15) is 56.6 Å². The average molecular weight is 272 g/mol. The maximum absolute atomic E-state index is 3.73. The zero-order valence-corrected chi connectivity index (χ0v) is 13.1. The van der Waals surface area contributed by atoms with E-state index in [1.54, 1.807) is 0 Å². The maximum Gasteiger partial charge on any atom is 0.0233 e. The Balaban J connectivity index is 1.59. The van der Waals surface area contributed by atoms with Crippen LogP contribution < -0.4 is 5.32 Å². The number of hydrogen-bond acceptors (Lipinski definition) is 2. The molecule has 1 aromatic rings. The van der Waals surface area contributed by atoms with Crippen molar-refractivity contribution in [2.45, 2.75) is 70.1 Å². The predicted molar refractivity (Wildman–Crippen MR) is 85.0 cm³/mol. The minimum absolute atomic E-state index is 0.627. The van der Waals surface area contributed by atoms with Crippen molar-refractivity contribution >= 4 is 0 Å². The summed E-state index contributed by atoms with van der Waals surface area (Å²) in [4.78, 5) is 2.57. The molecule has 2 bridgehead atoms. The van der Waals surface area contributed by atoms with Crippen molar-refractivity contribution in [3.63, 3.8) is 0 Å². The Morgan fingerprint density at radius 2 is 1.70 bits per heavy atom. The zero-order chi connectivity index (χ0) is 14.1. The molecule has 1 N–H and O–H groups in total. The highest BCUT2D eigenvalue weighted by molar-refractivity contribution is 5.24. The summed E-state index contributed by atoms with van der Waals surface area (Å²) in [6, 6.07) is 11.5.